The molecule has 11 heteroatoms. The molecule has 1 rings (SSSR count). The van der Waals surface area contributed by atoms with Gasteiger partial charge >= 0.3 is 59.1 Å². The molecule has 0 aliphatic carbocycles. The van der Waals surface area contributed by atoms with Gasteiger partial charge in [-0.1, -0.05) is 0 Å². The van der Waals surface area contributed by atoms with Crippen LogP contribution in [-0.2, 0) is 20.2 Å². The third kappa shape index (κ3) is 6.01. The molecule has 17 heavy (non-hydrogen) atoms. The fraction of sp³-hybridized carbons (Fsp3) is 0. The zero-order valence-electron chi connectivity index (χ0n) is 7.15. The molecule has 1 aromatic rings. The summed E-state index contributed by atoms with van der Waals surface area (Å²) in [5.74, 6) is 0. The molecule has 0 radical (unpaired) electrons. The average molecular weight is 301 g/mol. The molecule has 0 saturated heterocycles. The van der Waals surface area contributed by atoms with Crippen LogP contribution in [0.25, 0.3) is 0 Å². The van der Waals surface area contributed by atoms with Gasteiger partial charge in [0.25, 0.3) is 20.2 Å². The molecule has 0 aromatic heterocycles. The molecule has 0 aliphatic rings. The van der Waals surface area contributed by atoms with Crippen molar-refractivity contribution in [3.63, 3.8) is 0 Å². The van der Waals surface area contributed by atoms with Gasteiger partial charge in [-0.05, 0) is 18.2 Å². The van der Waals surface area contributed by atoms with E-state index in [0.717, 1.165) is 12.1 Å². The summed E-state index contributed by atoms with van der Waals surface area (Å²) in [5.41, 5.74) is 4.99. The van der Waals surface area contributed by atoms with Crippen LogP contribution >= 0.6 is 0 Å². The van der Waals surface area contributed by atoms with Crippen molar-refractivity contribution in [2.45, 2.75) is 9.79 Å². The Morgan fingerprint density at radius 3 is 1.35 bits per heavy atom. The molecule has 4 N–H and O–H groups in total. The predicted molar refractivity (Wildman–Crippen MR) is 64.8 cm³/mol. The van der Waals surface area contributed by atoms with Gasteiger partial charge in [-0.15, -0.1) is 0 Å². The SMILES string of the molecule is Nc1cc(S(=O)(=O)O)cc(S(=O)(=O)O)c1.[NaH].[NaH]. The van der Waals surface area contributed by atoms with Crippen molar-refractivity contribution >= 4 is 85.0 Å². The molecule has 0 unspecified atom stereocenters. The van der Waals surface area contributed by atoms with Crippen LogP contribution in [0.3, 0.4) is 0 Å². The second-order valence-corrected chi connectivity index (χ2v) is 5.53. The Hall–Kier alpha value is 0.840. The fourth-order valence-electron chi connectivity index (χ4n) is 0.892. The monoisotopic (exact) mass is 301 g/mol. The molecular formula is C6H9NNa2O6S2. The molecule has 0 heterocycles. The number of nitrogens with two attached hydrogens (primary N) is 1. The first-order valence-corrected chi connectivity index (χ1v) is 6.34. The van der Waals surface area contributed by atoms with E-state index in [4.69, 9.17) is 14.8 Å². The Balaban J connectivity index is 0. The van der Waals surface area contributed by atoms with Crippen LogP contribution in [0.2, 0.25) is 0 Å². The van der Waals surface area contributed by atoms with Crippen LogP contribution in [-0.4, -0.2) is 85.1 Å². The second kappa shape index (κ2) is 6.85. The van der Waals surface area contributed by atoms with Gasteiger partial charge in [0.1, 0.15) is 0 Å². The first kappa shape index (κ1) is 20.2. The molecule has 1 aromatic carbocycles. The summed E-state index contributed by atoms with van der Waals surface area (Å²) in [7, 11) is -9.13. The summed E-state index contributed by atoms with van der Waals surface area (Å²) in [4.78, 5) is -1.40. The van der Waals surface area contributed by atoms with Crippen LogP contribution < -0.4 is 5.73 Å². The van der Waals surface area contributed by atoms with Gasteiger partial charge in [0.2, 0.25) is 0 Å². The van der Waals surface area contributed by atoms with Gasteiger partial charge in [-0.25, -0.2) is 0 Å². The molecule has 7 nitrogen and oxygen atoms in total. The van der Waals surface area contributed by atoms with Crippen LogP contribution in [0.1, 0.15) is 0 Å². The van der Waals surface area contributed by atoms with Crippen LogP contribution in [0.4, 0.5) is 5.69 Å². The summed E-state index contributed by atoms with van der Waals surface area (Å²) < 4.78 is 60.0. The Labute approximate surface area is 143 Å². The number of anilines is 1. The molecule has 88 valence electrons. The molecule has 0 fully saturated rings. The molecule has 0 bridgehead atoms. The van der Waals surface area contributed by atoms with Crippen molar-refractivity contribution in [2.24, 2.45) is 0 Å². The van der Waals surface area contributed by atoms with E-state index in [1.165, 1.54) is 0 Å². The third-order valence-corrected chi connectivity index (χ3v) is 3.16. The van der Waals surface area contributed by atoms with E-state index in [-0.39, 0.29) is 64.8 Å². The Bertz CT molecular complexity index is 547. The van der Waals surface area contributed by atoms with E-state index in [2.05, 4.69) is 0 Å². The van der Waals surface area contributed by atoms with E-state index in [9.17, 15) is 16.8 Å². The Morgan fingerprint density at radius 2 is 1.12 bits per heavy atom. The summed E-state index contributed by atoms with van der Waals surface area (Å²) in [6.45, 7) is 0. The van der Waals surface area contributed by atoms with Gasteiger partial charge < -0.3 is 5.73 Å². The van der Waals surface area contributed by atoms with E-state index in [1.807, 2.05) is 0 Å². The number of hydrogen-bond donors (Lipinski definition) is 3. The first-order chi connectivity index (χ1) is 6.60. The van der Waals surface area contributed by atoms with E-state index in [1.54, 1.807) is 0 Å². The van der Waals surface area contributed by atoms with Crippen LogP contribution in [0.15, 0.2) is 28.0 Å². The Kier molecular flexibility index (Phi) is 8.12. The zero-order chi connectivity index (χ0) is 11.9. The molecule has 0 atom stereocenters. The van der Waals surface area contributed by atoms with E-state index in [0.29, 0.717) is 6.07 Å². The summed E-state index contributed by atoms with van der Waals surface area (Å²) >= 11 is 0. The number of benzene rings is 1. The number of rotatable bonds is 2. The topological polar surface area (TPSA) is 135 Å². The minimum atomic E-state index is -4.56. The zero-order valence-corrected chi connectivity index (χ0v) is 8.79. The van der Waals surface area contributed by atoms with Crippen molar-refractivity contribution in [3.8, 4) is 0 Å². The van der Waals surface area contributed by atoms with Crippen molar-refractivity contribution in [1.82, 2.24) is 0 Å². The maximum atomic E-state index is 10.7. The Morgan fingerprint density at radius 1 is 0.824 bits per heavy atom. The molecule has 0 saturated carbocycles. The number of nitrogen functional groups attached to an aromatic ring is 1. The first-order valence-electron chi connectivity index (χ1n) is 3.46. The summed E-state index contributed by atoms with van der Waals surface area (Å²) in [6.07, 6.45) is 0. The van der Waals surface area contributed by atoms with Gasteiger partial charge in [-0.2, -0.15) is 16.8 Å². The van der Waals surface area contributed by atoms with Crippen molar-refractivity contribution < 1.29 is 25.9 Å². The van der Waals surface area contributed by atoms with Gasteiger partial charge in [-0.3, -0.25) is 9.11 Å². The van der Waals surface area contributed by atoms with E-state index >= 15 is 0 Å². The summed E-state index contributed by atoms with van der Waals surface area (Å²) in [6, 6.07) is 2.33. The number of hydrogen-bond acceptors (Lipinski definition) is 5. The molecule has 0 spiro atoms. The minimum absolute atomic E-state index is 0. The molecular weight excluding hydrogens is 292 g/mol. The standard InChI is InChI=1S/C6H7NO6S2.2Na.2H/c7-4-1-5(14(8,9)10)3-6(2-4)15(11,12)13;;;;/h1-3H,7H2,(H,8,9,10)(H,11,12,13);;;;. The molecule has 0 aliphatic heterocycles. The second-order valence-electron chi connectivity index (χ2n) is 2.69. The van der Waals surface area contributed by atoms with Gasteiger partial charge in [0.15, 0.2) is 0 Å². The average Bonchev–Trinajstić information content (AvgIpc) is 1.99. The van der Waals surface area contributed by atoms with Crippen LogP contribution in [0, 0.1) is 0 Å². The van der Waals surface area contributed by atoms with Gasteiger partial charge in [0, 0.05) is 5.69 Å². The van der Waals surface area contributed by atoms with Crippen molar-refractivity contribution in [1.29, 1.82) is 0 Å². The van der Waals surface area contributed by atoms with Crippen molar-refractivity contribution in [3.05, 3.63) is 18.2 Å². The predicted octanol–water partition coefficient (Wildman–Crippen LogP) is -1.53. The molecule has 0 amide bonds. The van der Waals surface area contributed by atoms with Gasteiger partial charge in [0.05, 0.1) is 9.79 Å². The van der Waals surface area contributed by atoms with Crippen molar-refractivity contribution in [2.75, 3.05) is 5.73 Å². The van der Waals surface area contributed by atoms with E-state index < -0.39 is 30.0 Å². The normalized spacial score (nSPS) is 11.2. The fourth-order valence-corrected chi connectivity index (χ4v) is 2.09. The summed E-state index contributed by atoms with van der Waals surface area (Å²) in [5, 5.41) is 0. The van der Waals surface area contributed by atoms with Crippen LogP contribution in [0.5, 0.6) is 0 Å². The quantitative estimate of drug-likeness (QED) is 0.342. The maximum absolute atomic E-state index is 10.7. The third-order valence-electron chi connectivity index (χ3n) is 1.50.